The Morgan fingerprint density at radius 3 is 3.07 bits per heavy atom. The lowest BCUT2D eigenvalue weighted by Crippen LogP contribution is -1.97. The van der Waals surface area contributed by atoms with Crippen molar-refractivity contribution in [2.24, 2.45) is 0 Å². The molecule has 0 radical (unpaired) electrons. The zero-order chi connectivity index (χ0) is 10.8. The molecule has 0 saturated carbocycles. The maximum Gasteiger partial charge on any atom is 0.303 e. The van der Waals surface area contributed by atoms with Crippen LogP contribution in [0.1, 0.15) is 12.0 Å². The zero-order valence-electron chi connectivity index (χ0n) is 7.93. The third kappa shape index (κ3) is 2.07. The van der Waals surface area contributed by atoms with E-state index in [1.807, 2.05) is 6.07 Å². The molecule has 5 nitrogen and oxygen atoms in total. The SMILES string of the molecule is Nc1nc2cc(CCC(=O)O)ccc2o1. The molecule has 1 aromatic heterocycles. The third-order valence-electron chi connectivity index (χ3n) is 2.10. The van der Waals surface area contributed by atoms with E-state index in [0.29, 0.717) is 17.5 Å². The minimum Gasteiger partial charge on any atom is -0.481 e. The van der Waals surface area contributed by atoms with Gasteiger partial charge in [-0.1, -0.05) is 6.07 Å². The molecule has 0 fully saturated rings. The van der Waals surface area contributed by atoms with Crippen molar-refractivity contribution in [3.63, 3.8) is 0 Å². The van der Waals surface area contributed by atoms with Crippen molar-refractivity contribution >= 4 is 23.1 Å². The monoisotopic (exact) mass is 206 g/mol. The fourth-order valence-corrected chi connectivity index (χ4v) is 1.40. The van der Waals surface area contributed by atoms with Crippen LogP contribution in [0.15, 0.2) is 22.6 Å². The van der Waals surface area contributed by atoms with Crippen LogP contribution in [-0.4, -0.2) is 16.1 Å². The zero-order valence-corrected chi connectivity index (χ0v) is 7.93. The van der Waals surface area contributed by atoms with Crippen LogP contribution in [0.3, 0.4) is 0 Å². The Morgan fingerprint density at radius 2 is 2.33 bits per heavy atom. The number of hydrogen-bond acceptors (Lipinski definition) is 4. The van der Waals surface area contributed by atoms with Crippen molar-refractivity contribution < 1.29 is 14.3 Å². The molecule has 0 atom stereocenters. The molecule has 1 heterocycles. The number of aryl methyl sites for hydroxylation is 1. The quantitative estimate of drug-likeness (QED) is 0.792. The van der Waals surface area contributed by atoms with Crippen LogP contribution < -0.4 is 5.73 Å². The summed E-state index contributed by atoms with van der Waals surface area (Å²) in [4.78, 5) is 14.4. The minimum atomic E-state index is -0.810. The smallest absolute Gasteiger partial charge is 0.303 e. The molecule has 0 saturated heterocycles. The van der Waals surface area contributed by atoms with Gasteiger partial charge in [-0.2, -0.15) is 4.98 Å². The van der Waals surface area contributed by atoms with Crippen molar-refractivity contribution in [3.8, 4) is 0 Å². The highest BCUT2D eigenvalue weighted by Crippen LogP contribution is 2.18. The minimum absolute atomic E-state index is 0.110. The van der Waals surface area contributed by atoms with Crippen LogP contribution in [0.5, 0.6) is 0 Å². The highest BCUT2D eigenvalue weighted by molar-refractivity contribution is 5.75. The topological polar surface area (TPSA) is 89.3 Å². The number of carbonyl (C=O) groups is 1. The summed E-state index contributed by atoms with van der Waals surface area (Å²) >= 11 is 0. The van der Waals surface area contributed by atoms with E-state index in [2.05, 4.69) is 4.98 Å². The Labute approximate surface area is 85.5 Å². The standard InChI is InChI=1S/C10H10N2O3/c11-10-12-7-5-6(2-4-9(13)14)1-3-8(7)15-10/h1,3,5H,2,4H2,(H2,11,12)(H,13,14). The maximum absolute atomic E-state index is 10.4. The van der Waals surface area contributed by atoms with Gasteiger partial charge in [0.25, 0.3) is 6.01 Å². The van der Waals surface area contributed by atoms with E-state index in [9.17, 15) is 4.79 Å². The number of carboxylic acid groups (broad SMARTS) is 1. The van der Waals surface area contributed by atoms with Crippen LogP contribution in [0.4, 0.5) is 6.01 Å². The largest absolute Gasteiger partial charge is 0.481 e. The number of rotatable bonds is 3. The van der Waals surface area contributed by atoms with Crippen LogP contribution in [-0.2, 0) is 11.2 Å². The summed E-state index contributed by atoms with van der Waals surface area (Å²) in [6.45, 7) is 0. The van der Waals surface area contributed by atoms with Crippen LogP contribution in [0.2, 0.25) is 0 Å². The van der Waals surface area contributed by atoms with E-state index in [-0.39, 0.29) is 12.4 Å². The number of hydrogen-bond donors (Lipinski definition) is 2. The second-order valence-corrected chi connectivity index (χ2v) is 3.25. The summed E-state index contributed by atoms with van der Waals surface area (Å²) in [5.74, 6) is -0.810. The van der Waals surface area contributed by atoms with Gasteiger partial charge in [-0.15, -0.1) is 0 Å². The van der Waals surface area contributed by atoms with Gasteiger partial charge in [0.05, 0.1) is 0 Å². The van der Waals surface area contributed by atoms with Gasteiger partial charge < -0.3 is 15.3 Å². The molecule has 3 N–H and O–H groups in total. The number of nitrogen functional groups attached to an aromatic ring is 1. The summed E-state index contributed by atoms with van der Waals surface area (Å²) < 4.78 is 5.10. The lowest BCUT2D eigenvalue weighted by Gasteiger charge is -1.96. The first-order valence-corrected chi connectivity index (χ1v) is 4.52. The molecular weight excluding hydrogens is 196 g/mol. The molecule has 0 amide bonds. The van der Waals surface area contributed by atoms with E-state index >= 15 is 0 Å². The predicted molar refractivity (Wildman–Crippen MR) is 54.4 cm³/mol. The number of carboxylic acids is 1. The number of nitrogens with zero attached hydrogens (tertiary/aromatic N) is 1. The Morgan fingerprint density at radius 1 is 1.53 bits per heavy atom. The number of anilines is 1. The molecule has 15 heavy (non-hydrogen) atoms. The van der Waals surface area contributed by atoms with Gasteiger partial charge in [0.2, 0.25) is 0 Å². The van der Waals surface area contributed by atoms with Gasteiger partial charge in [0, 0.05) is 6.42 Å². The molecule has 2 rings (SSSR count). The normalized spacial score (nSPS) is 10.7. The molecule has 2 aromatic rings. The van der Waals surface area contributed by atoms with Crippen molar-refractivity contribution in [2.45, 2.75) is 12.8 Å². The number of aliphatic carboxylic acids is 1. The highest BCUT2D eigenvalue weighted by Gasteiger charge is 2.04. The lowest BCUT2D eigenvalue weighted by molar-refractivity contribution is -0.136. The van der Waals surface area contributed by atoms with Crippen LogP contribution in [0.25, 0.3) is 11.1 Å². The second kappa shape index (κ2) is 3.61. The molecule has 78 valence electrons. The first-order chi connectivity index (χ1) is 7.15. The van der Waals surface area contributed by atoms with Gasteiger partial charge in [0.15, 0.2) is 5.58 Å². The average Bonchev–Trinajstić information content (AvgIpc) is 2.53. The third-order valence-corrected chi connectivity index (χ3v) is 2.10. The molecule has 0 bridgehead atoms. The Hall–Kier alpha value is -2.04. The average molecular weight is 206 g/mol. The number of fused-ring (bicyclic) bond motifs is 1. The number of aromatic nitrogens is 1. The first-order valence-electron chi connectivity index (χ1n) is 4.52. The van der Waals surface area contributed by atoms with E-state index < -0.39 is 5.97 Å². The Kier molecular flexibility index (Phi) is 2.29. The summed E-state index contributed by atoms with van der Waals surface area (Å²) in [7, 11) is 0. The molecule has 5 heteroatoms. The van der Waals surface area contributed by atoms with E-state index in [4.69, 9.17) is 15.3 Å². The van der Waals surface area contributed by atoms with Crippen molar-refractivity contribution in [3.05, 3.63) is 23.8 Å². The van der Waals surface area contributed by atoms with Gasteiger partial charge in [-0.3, -0.25) is 4.79 Å². The molecule has 1 aromatic carbocycles. The Bertz CT molecular complexity index is 504. The van der Waals surface area contributed by atoms with E-state index in [1.165, 1.54) is 0 Å². The van der Waals surface area contributed by atoms with Crippen molar-refractivity contribution in [1.82, 2.24) is 4.98 Å². The summed E-state index contributed by atoms with van der Waals surface area (Å²) in [6, 6.07) is 5.48. The fraction of sp³-hybridized carbons (Fsp3) is 0.200. The molecule has 0 unspecified atom stereocenters. The molecule has 0 aliphatic rings. The first kappa shape index (κ1) is 9.51. The molecule has 0 aliphatic carbocycles. The van der Waals surface area contributed by atoms with Gasteiger partial charge in [0.1, 0.15) is 5.52 Å². The van der Waals surface area contributed by atoms with Crippen LogP contribution in [0, 0.1) is 0 Å². The number of oxazole rings is 1. The van der Waals surface area contributed by atoms with Crippen LogP contribution >= 0.6 is 0 Å². The molecule has 0 spiro atoms. The summed E-state index contributed by atoms with van der Waals surface area (Å²) in [5.41, 5.74) is 7.59. The second-order valence-electron chi connectivity index (χ2n) is 3.25. The Balaban J connectivity index is 2.26. The van der Waals surface area contributed by atoms with Gasteiger partial charge in [-0.05, 0) is 24.1 Å². The number of nitrogens with two attached hydrogens (primary N) is 1. The van der Waals surface area contributed by atoms with Crippen molar-refractivity contribution in [1.29, 1.82) is 0 Å². The molecule has 0 aliphatic heterocycles. The highest BCUT2D eigenvalue weighted by atomic mass is 16.4. The number of benzene rings is 1. The fourth-order valence-electron chi connectivity index (χ4n) is 1.40. The lowest BCUT2D eigenvalue weighted by atomic mass is 10.1. The summed E-state index contributed by atoms with van der Waals surface area (Å²) in [5, 5.41) is 8.54. The van der Waals surface area contributed by atoms with Crippen molar-refractivity contribution in [2.75, 3.05) is 5.73 Å². The van der Waals surface area contributed by atoms with E-state index in [0.717, 1.165) is 5.56 Å². The molecular formula is C10H10N2O3. The summed E-state index contributed by atoms with van der Waals surface area (Å²) in [6.07, 6.45) is 0.594. The maximum atomic E-state index is 10.4. The van der Waals surface area contributed by atoms with Gasteiger partial charge >= 0.3 is 5.97 Å². The van der Waals surface area contributed by atoms with E-state index in [1.54, 1.807) is 12.1 Å². The van der Waals surface area contributed by atoms with Gasteiger partial charge in [-0.25, -0.2) is 0 Å². The predicted octanol–water partition coefficient (Wildman–Crippen LogP) is 1.43.